The van der Waals surface area contributed by atoms with E-state index in [1.807, 2.05) is 18.2 Å². The minimum atomic E-state index is -0.0224. The first kappa shape index (κ1) is 13.8. The fourth-order valence-corrected chi connectivity index (χ4v) is 2.58. The molecule has 0 bridgehead atoms. The molecule has 1 nitrogen and oxygen atoms in total. The minimum absolute atomic E-state index is 0.0224. The fourth-order valence-electron chi connectivity index (χ4n) is 2.58. The monoisotopic (exact) mass is 254 g/mol. The first-order chi connectivity index (χ1) is 8.91. The van der Waals surface area contributed by atoms with Crippen molar-refractivity contribution in [1.82, 2.24) is 0 Å². The fraction of sp³-hybridized carbons (Fsp3) is 0.389. The summed E-state index contributed by atoms with van der Waals surface area (Å²) in [6.07, 6.45) is 4.14. The van der Waals surface area contributed by atoms with Crippen LogP contribution in [-0.4, -0.2) is 5.78 Å². The molecule has 2 atom stereocenters. The van der Waals surface area contributed by atoms with E-state index >= 15 is 0 Å². The summed E-state index contributed by atoms with van der Waals surface area (Å²) in [6, 6.07) is 6.00. The summed E-state index contributed by atoms with van der Waals surface area (Å²) in [5.74, 6) is 0.503. The number of allylic oxidation sites excluding steroid dienone is 4. The predicted molar refractivity (Wildman–Crippen MR) is 80.4 cm³/mol. The molecule has 19 heavy (non-hydrogen) atoms. The number of Topliss-reactive ketones (excluding diaryl/α,β-unsaturated/α-hetero) is 1. The smallest absolute Gasteiger partial charge is 0.170 e. The molecule has 0 heterocycles. The summed E-state index contributed by atoms with van der Waals surface area (Å²) >= 11 is 0. The van der Waals surface area contributed by atoms with Crippen LogP contribution in [0.5, 0.6) is 0 Å². The van der Waals surface area contributed by atoms with Gasteiger partial charge in [0.2, 0.25) is 0 Å². The van der Waals surface area contributed by atoms with Crippen molar-refractivity contribution >= 4 is 5.78 Å². The Bertz CT molecular complexity index is 575. The Morgan fingerprint density at radius 1 is 1.05 bits per heavy atom. The van der Waals surface area contributed by atoms with Crippen molar-refractivity contribution in [3.05, 3.63) is 58.2 Å². The number of benzene rings is 1. The second-order valence-electron chi connectivity index (χ2n) is 5.70. The molecule has 1 aliphatic rings. The Morgan fingerprint density at radius 2 is 1.74 bits per heavy atom. The van der Waals surface area contributed by atoms with Gasteiger partial charge in [0, 0.05) is 11.5 Å². The van der Waals surface area contributed by atoms with Crippen LogP contribution in [-0.2, 0) is 0 Å². The highest BCUT2D eigenvalue weighted by Crippen LogP contribution is 2.31. The van der Waals surface area contributed by atoms with Gasteiger partial charge in [-0.25, -0.2) is 0 Å². The van der Waals surface area contributed by atoms with Crippen molar-refractivity contribution < 1.29 is 4.79 Å². The summed E-state index contributed by atoms with van der Waals surface area (Å²) in [6.45, 7) is 10.5. The van der Waals surface area contributed by atoms with Crippen molar-refractivity contribution in [3.8, 4) is 0 Å². The molecular weight excluding hydrogens is 232 g/mol. The van der Waals surface area contributed by atoms with Gasteiger partial charge in [0.05, 0.1) is 0 Å². The van der Waals surface area contributed by atoms with Crippen LogP contribution in [0, 0.1) is 25.7 Å². The summed E-state index contributed by atoms with van der Waals surface area (Å²) < 4.78 is 0. The maximum atomic E-state index is 12.7. The average Bonchev–Trinajstić information content (AvgIpc) is 2.39. The Hall–Kier alpha value is -1.63. The molecule has 1 aliphatic carbocycles. The first-order valence-electron chi connectivity index (χ1n) is 6.89. The van der Waals surface area contributed by atoms with E-state index in [4.69, 9.17) is 0 Å². The summed E-state index contributed by atoms with van der Waals surface area (Å²) in [5.41, 5.74) is 5.86. The van der Waals surface area contributed by atoms with E-state index in [2.05, 4.69) is 46.8 Å². The molecule has 0 N–H and O–H groups in total. The highest BCUT2D eigenvalue weighted by molar-refractivity contribution is 5.99. The number of ketones is 1. The molecule has 0 saturated carbocycles. The molecule has 0 spiro atoms. The van der Waals surface area contributed by atoms with Crippen molar-refractivity contribution in [2.45, 2.75) is 34.6 Å². The van der Waals surface area contributed by atoms with Crippen LogP contribution < -0.4 is 0 Å². The summed E-state index contributed by atoms with van der Waals surface area (Å²) in [5, 5.41) is 0. The van der Waals surface area contributed by atoms with Gasteiger partial charge in [-0.3, -0.25) is 4.79 Å². The maximum Gasteiger partial charge on any atom is 0.170 e. The van der Waals surface area contributed by atoms with Gasteiger partial charge in [0.25, 0.3) is 0 Å². The third-order valence-corrected chi connectivity index (χ3v) is 4.49. The van der Waals surface area contributed by atoms with Crippen LogP contribution in [0.15, 0.2) is 41.5 Å². The van der Waals surface area contributed by atoms with Gasteiger partial charge >= 0.3 is 0 Å². The Labute approximate surface area is 116 Å². The van der Waals surface area contributed by atoms with Crippen LogP contribution in [0.3, 0.4) is 0 Å². The number of hydrogen-bond donors (Lipinski definition) is 0. The van der Waals surface area contributed by atoms with Gasteiger partial charge in [0.1, 0.15) is 0 Å². The zero-order valence-corrected chi connectivity index (χ0v) is 12.4. The second kappa shape index (κ2) is 5.16. The van der Waals surface area contributed by atoms with Crippen LogP contribution in [0.1, 0.15) is 42.3 Å². The third-order valence-electron chi connectivity index (χ3n) is 4.49. The number of hydrogen-bond acceptors (Lipinski definition) is 1. The second-order valence-corrected chi connectivity index (χ2v) is 5.70. The lowest BCUT2D eigenvalue weighted by Crippen LogP contribution is -2.23. The molecule has 0 aromatic heterocycles. The predicted octanol–water partition coefficient (Wildman–Crippen LogP) is 4.64. The molecule has 0 fully saturated rings. The van der Waals surface area contributed by atoms with Crippen molar-refractivity contribution in [1.29, 1.82) is 0 Å². The van der Waals surface area contributed by atoms with Gasteiger partial charge in [-0.1, -0.05) is 42.4 Å². The molecule has 0 radical (unpaired) electrons. The van der Waals surface area contributed by atoms with E-state index < -0.39 is 0 Å². The van der Waals surface area contributed by atoms with Gasteiger partial charge in [-0.05, 0) is 50.8 Å². The largest absolute Gasteiger partial charge is 0.293 e. The normalized spacial score (nSPS) is 22.8. The van der Waals surface area contributed by atoms with Gasteiger partial charge < -0.3 is 0 Å². The molecule has 0 saturated heterocycles. The van der Waals surface area contributed by atoms with E-state index in [0.29, 0.717) is 5.92 Å². The topological polar surface area (TPSA) is 17.1 Å². The standard InChI is InChI=1S/C18H22O/c1-11-6-8-16(10-13(11)3)18(19)17-9-7-12(2)14(4)15(17)5/h6-10,15,17H,1-5H3. The van der Waals surface area contributed by atoms with Crippen LogP contribution in [0.2, 0.25) is 0 Å². The molecule has 1 aromatic rings. The lowest BCUT2D eigenvalue weighted by atomic mass is 9.77. The van der Waals surface area contributed by atoms with E-state index in [1.54, 1.807) is 0 Å². The molecule has 2 unspecified atom stereocenters. The number of carbonyl (C=O) groups is 1. The van der Waals surface area contributed by atoms with Gasteiger partial charge in [0.15, 0.2) is 5.78 Å². The molecule has 0 amide bonds. The Balaban J connectivity index is 2.31. The Kier molecular flexibility index (Phi) is 3.75. The third kappa shape index (κ3) is 2.56. The highest BCUT2D eigenvalue weighted by Gasteiger charge is 2.27. The molecule has 100 valence electrons. The zero-order chi connectivity index (χ0) is 14.2. The molecule has 0 aliphatic heterocycles. The van der Waals surface area contributed by atoms with E-state index in [9.17, 15) is 4.79 Å². The quantitative estimate of drug-likeness (QED) is 0.702. The molecule has 1 aromatic carbocycles. The van der Waals surface area contributed by atoms with Crippen molar-refractivity contribution in [2.75, 3.05) is 0 Å². The highest BCUT2D eigenvalue weighted by atomic mass is 16.1. The first-order valence-corrected chi connectivity index (χ1v) is 6.89. The number of rotatable bonds is 2. The number of carbonyl (C=O) groups excluding carboxylic acids is 1. The van der Waals surface area contributed by atoms with E-state index in [-0.39, 0.29) is 11.7 Å². The van der Waals surface area contributed by atoms with E-state index in [0.717, 1.165) is 5.56 Å². The average molecular weight is 254 g/mol. The molecular formula is C18H22O. The molecule has 1 heteroatoms. The van der Waals surface area contributed by atoms with Crippen LogP contribution in [0.4, 0.5) is 0 Å². The SMILES string of the molecule is CC1=C(C)C(C)C(C(=O)c2ccc(C)c(C)c2)C=C1. The summed E-state index contributed by atoms with van der Waals surface area (Å²) in [4.78, 5) is 12.7. The minimum Gasteiger partial charge on any atom is -0.293 e. The Morgan fingerprint density at radius 3 is 2.37 bits per heavy atom. The lowest BCUT2D eigenvalue weighted by Gasteiger charge is -2.26. The van der Waals surface area contributed by atoms with Crippen molar-refractivity contribution in [3.63, 3.8) is 0 Å². The lowest BCUT2D eigenvalue weighted by molar-refractivity contribution is 0.0922. The molecule has 2 rings (SSSR count). The van der Waals surface area contributed by atoms with Crippen LogP contribution >= 0.6 is 0 Å². The van der Waals surface area contributed by atoms with Gasteiger partial charge in [-0.15, -0.1) is 0 Å². The van der Waals surface area contributed by atoms with Gasteiger partial charge in [-0.2, -0.15) is 0 Å². The maximum absolute atomic E-state index is 12.7. The zero-order valence-electron chi connectivity index (χ0n) is 12.4. The van der Waals surface area contributed by atoms with Crippen LogP contribution in [0.25, 0.3) is 0 Å². The van der Waals surface area contributed by atoms with E-state index in [1.165, 1.54) is 22.3 Å². The number of aryl methyl sites for hydroxylation is 2. The van der Waals surface area contributed by atoms with Crippen molar-refractivity contribution in [2.24, 2.45) is 11.8 Å². The summed E-state index contributed by atoms with van der Waals surface area (Å²) in [7, 11) is 0.